The molecule has 0 aromatic heterocycles. The first-order valence-corrected chi connectivity index (χ1v) is 9.84. The molecular weight excluding hydrogens is 258 g/mol. The number of nitrogens with zero attached hydrogens (tertiary/aromatic N) is 1. The molecule has 4 nitrogen and oxygen atoms in total. The highest BCUT2D eigenvalue weighted by atomic mass is 28.4. The van der Waals surface area contributed by atoms with Gasteiger partial charge in [0.2, 0.25) is 5.91 Å². The Bertz CT molecular complexity index is 347. The van der Waals surface area contributed by atoms with E-state index in [1.165, 1.54) is 4.90 Å². The van der Waals surface area contributed by atoms with E-state index in [2.05, 4.69) is 33.9 Å². The van der Waals surface area contributed by atoms with E-state index in [0.29, 0.717) is 19.6 Å². The minimum atomic E-state index is -1.74. The van der Waals surface area contributed by atoms with Gasteiger partial charge in [-0.2, -0.15) is 0 Å². The van der Waals surface area contributed by atoms with Gasteiger partial charge in [0.1, 0.15) is 6.23 Å². The Morgan fingerprint density at radius 1 is 1.47 bits per heavy atom. The smallest absolute Gasteiger partial charge is 0.224 e. The molecule has 1 saturated heterocycles. The van der Waals surface area contributed by atoms with Gasteiger partial charge in [0.25, 0.3) is 0 Å². The minimum absolute atomic E-state index is 0.0301. The molecular formula is C14H27NO3Si. The molecule has 0 saturated carbocycles. The summed E-state index contributed by atoms with van der Waals surface area (Å²) in [5.41, 5.74) is 0. The van der Waals surface area contributed by atoms with Crippen LogP contribution in [0.15, 0.2) is 12.2 Å². The number of carbonyl (C=O) groups excluding carboxylic acids is 1. The number of aliphatic hydroxyl groups excluding tert-OH is 1. The van der Waals surface area contributed by atoms with E-state index >= 15 is 0 Å². The van der Waals surface area contributed by atoms with Crippen molar-refractivity contribution in [3.05, 3.63) is 12.2 Å². The third-order valence-electron chi connectivity index (χ3n) is 4.08. The number of amides is 1. The van der Waals surface area contributed by atoms with Crippen molar-refractivity contribution in [2.45, 2.75) is 58.0 Å². The van der Waals surface area contributed by atoms with Crippen molar-refractivity contribution >= 4 is 14.2 Å². The molecule has 1 aliphatic heterocycles. The molecule has 19 heavy (non-hydrogen) atoms. The van der Waals surface area contributed by atoms with Crippen LogP contribution in [0.1, 0.15) is 33.6 Å². The van der Waals surface area contributed by atoms with Crippen LogP contribution in [0, 0.1) is 0 Å². The zero-order chi connectivity index (χ0) is 14.7. The molecule has 0 aromatic carbocycles. The van der Waals surface area contributed by atoms with E-state index in [1.807, 2.05) is 6.08 Å². The Balaban J connectivity index is 2.40. The maximum atomic E-state index is 11.4. The lowest BCUT2D eigenvalue weighted by molar-refractivity contribution is -0.133. The van der Waals surface area contributed by atoms with Gasteiger partial charge in [0.15, 0.2) is 8.32 Å². The molecule has 0 radical (unpaired) electrons. The summed E-state index contributed by atoms with van der Waals surface area (Å²) < 4.78 is 5.97. The van der Waals surface area contributed by atoms with Gasteiger partial charge in [0.05, 0.1) is 6.61 Å². The normalized spacial score (nSPS) is 19.5. The van der Waals surface area contributed by atoms with Gasteiger partial charge in [-0.3, -0.25) is 4.79 Å². The van der Waals surface area contributed by atoms with Crippen LogP contribution in [-0.2, 0) is 9.22 Å². The average Bonchev–Trinajstić information content (AvgIpc) is 2.69. The van der Waals surface area contributed by atoms with E-state index in [4.69, 9.17) is 4.43 Å². The molecule has 1 atom stereocenters. The number of hydrogen-bond donors (Lipinski definition) is 1. The quantitative estimate of drug-likeness (QED) is 0.624. The van der Waals surface area contributed by atoms with Crippen LogP contribution in [-0.4, -0.2) is 43.6 Å². The number of carbonyl (C=O) groups is 1. The van der Waals surface area contributed by atoms with Crippen molar-refractivity contribution in [1.29, 1.82) is 0 Å². The number of aliphatic hydroxyl groups is 1. The highest BCUT2D eigenvalue weighted by Gasteiger charge is 2.36. The monoisotopic (exact) mass is 285 g/mol. The predicted octanol–water partition coefficient (Wildman–Crippen LogP) is 2.51. The molecule has 110 valence electrons. The zero-order valence-corrected chi connectivity index (χ0v) is 13.8. The van der Waals surface area contributed by atoms with E-state index in [9.17, 15) is 9.90 Å². The summed E-state index contributed by atoms with van der Waals surface area (Å²) >= 11 is 0. The van der Waals surface area contributed by atoms with Crippen molar-refractivity contribution in [1.82, 2.24) is 4.90 Å². The Hall–Kier alpha value is -0.653. The molecule has 1 aliphatic rings. The summed E-state index contributed by atoms with van der Waals surface area (Å²) in [7, 11) is -1.74. The molecule has 1 heterocycles. The average molecular weight is 285 g/mol. The van der Waals surface area contributed by atoms with Gasteiger partial charge in [-0.1, -0.05) is 26.8 Å². The SMILES string of the molecule is CC(C)(C)[Si](C)(C)OC/C=C\C(O)N1CCCC1=O. The maximum Gasteiger partial charge on any atom is 0.224 e. The standard InChI is InChI=1S/C14H27NO3Si/c1-14(2,3)19(4,5)18-11-7-9-13(17)15-10-6-8-12(15)16/h7,9,13,17H,6,8,10-11H2,1-5H3/b9-7-. The highest BCUT2D eigenvalue weighted by Crippen LogP contribution is 2.36. The van der Waals surface area contributed by atoms with E-state index in [1.54, 1.807) is 6.08 Å². The second-order valence-corrected chi connectivity index (χ2v) is 11.4. The van der Waals surface area contributed by atoms with Crippen LogP contribution >= 0.6 is 0 Å². The highest BCUT2D eigenvalue weighted by molar-refractivity contribution is 6.74. The third kappa shape index (κ3) is 4.44. The molecule has 1 amide bonds. The fraction of sp³-hybridized carbons (Fsp3) is 0.786. The van der Waals surface area contributed by atoms with Crippen molar-refractivity contribution < 1.29 is 14.3 Å². The lowest BCUT2D eigenvalue weighted by Crippen LogP contribution is -2.40. The maximum absolute atomic E-state index is 11.4. The van der Waals surface area contributed by atoms with Crippen LogP contribution in [0.2, 0.25) is 18.1 Å². The first kappa shape index (κ1) is 16.4. The topological polar surface area (TPSA) is 49.8 Å². The van der Waals surface area contributed by atoms with E-state index in [-0.39, 0.29) is 10.9 Å². The van der Waals surface area contributed by atoms with Crippen molar-refractivity contribution in [3.63, 3.8) is 0 Å². The zero-order valence-electron chi connectivity index (χ0n) is 12.8. The molecule has 0 bridgehead atoms. The molecule has 1 fully saturated rings. The molecule has 0 aromatic rings. The number of rotatable bonds is 5. The van der Waals surface area contributed by atoms with Crippen LogP contribution in [0.25, 0.3) is 0 Å². The first-order valence-electron chi connectivity index (χ1n) is 6.93. The summed E-state index contributed by atoms with van der Waals surface area (Å²) in [6.07, 6.45) is 4.04. The predicted molar refractivity (Wildman–Crippen MR) is 79.2 cm³/mol. The Kier molecular flexibility index (Phi) is 5.35. The van der Waals surface area contributed by atoms with Crippen molar-refractivity contribution in [2.24, 2.45) is 0 Å². The molecule has 1 unspecified atom stereocenters. The van der Waals surface area contributed by atoms with Gasteiger partial charge < -0.3 is 14.4 Å². The minimum Gasteiger partial charge on any atom is -0.413 e. The van der Waals surface area contributed by atoms with Crippen LogP contribution in [0.5, 0.6) is 0 Å². The number of likely N-dealkylation sites (tertiary alicyclic amines) is 1. The molecule has 5 heteroatoms. The van der Waals surface area contributed by atoms with Gasteiger partial charge in [-0.15, -0.1) is 0 Å². The lowest BCUT2D eigenvalue weighted by atomic mass is 10.2. The van der Waals surface area contributed by atoms with Crippen molar-refractivity contribution in [2.75, 3.05) is 13.2 Å². The van der Waals surface area contributed by atoms with Crippen LogP contribution in [0.3, 0.4) is 0 Å². The first-order chi connectivity index (χ1) is 8.65. The van der Waals surface area contributed by atoms with E-state index in [0.717, 1.165) is 6.42 Å². The summed E-state index contributed by atoms with van der Waals surface area (Å²) in [4.78, 5) is 12.9. The van der Waals surface area contributed by atoms with E-state index < -0.39 is 14.5 Å². The largest absolute Gasteiger partial charge is 0.413 e. The summed E-state index contributed by atoms with van der Waals surface area (Å²) in [5.74, 6) is 0.0301. The Labute approximate surface area is 117 Å². The Morgan fingerprint density at radius 2 is 2.11 bits per heavy atom. The van der Waals surface area contributed by atoms with Crippen LogP contribution in [0.4, 0.5) is 0 Å². The molecule has 1 rings (SSSR count). The summed E-state index contributed by atoms with van der Waals surface area (Å²) in [6.45, 7) is 12.1. The lowest BCUT2D eigenvalue weighted by Gasteiger charge is -2.35. The van der Waals surface area contributed by atoms with Crippen LogP contribution < -0.4 is 0 Å². The van der Waals surface area contributed by atoms with Gasteiger partial charge in [0, 0.05) is 13.0 Å². The van der Waals surface area contributed by atoms with Gasteiger partial charge >= 0.3 is 0 Å². The fourth-order valence-corrected chi connectivity index (χ4v) is 2.65. The third-order valence-corrected chi connectivity index (χ3v) is 8.58. The second kappa shape index (κ2) is 6.20. The fourth-order valence-electron chi connectivity index (χ4n) is 1.70. The van der Waals surface area contributed by atoms with Gasteiger partial charge in [-0.05, 0) is 30.6 Å². The summed E-state index contributed by atoms with van der Waals surface area (Å²) in [5, 5.41) is 10.1. The number of hydrogen-bond acceptors (Lipinski definition) is 3. The van der Waals surface area contributed by atoms with Crippen molar-refractivity contribution in [3.8, 4) is 0 Å². The molecule has 0 aliphatic carbocycles. The molecule has 1 N–H and O–H groups in total. The Morgan fingerprint density at radius 3 is 2.58 bits per heavy atom. The molecule has 0 spiro atoms. The summed E-state index contributed by atoms with van der Waals surface area (Å²) in [6, 6.07) is 0. The van der Waals surface area contributed by atoms with Gasteiger partial charge in [-0.25, -0.2) is 0 Å². The second-order valence-electron chi connectivity index (χ2n) is 6.60.